The summed E-state index contributed by atoms with van der Waals surface area (Å²) in [5.74, 6) is -0.359. The van der Waals surface area contributed by atoms with Crippen LogP contribution in [0.1, 0.15) is 26.3 Å². The smallest absolute Gasteiger partial charge is 0.335 e. The molecule has 1 aliphatic rings. The largest absolute Gasteiger partial charge is 0.478 e. The number of fused-ring (bicyclic) bond motifs is 3. The van der Waals surface area contributed by atoms with Crippen molar-refractivity contribution in [3.8, 4) is 5.75 Å². The Labute approximate surface area is 137 Å². The van der Waals surface area contributed by atoms with E-state index >= 15 is 0 Å². The molecule has 1 heterocycles. The van der Waals surface area contributed by atoms with Crippen molar-refractivity contribution in [1.82, 2.24) is 0 Å². The van der Waals surface area contributed by atoms with Gasteiger partial charge in [0, 0.05) is 0 Å². The average Bonchev–Trinajstić information content (AvgIpc) is 2.92. The summed E-state index contributed by atoms with van der Waals surface area (Å²) in [5.41, 5.74) is 1.48. The van der Waals surface area contributed by atoms with Gasteiger partial charge in [0.2, 0.25) is 5.78 Å². The fraction of sp³-hybridized carbons (Fsp3) is 0. The maximum Gasteiger partial charge on any atom is 0.335 e. The molecule has 24 heavy (non-hydrogen) atoms. The first-order chi connectivity index (χ1) is 11.6. The number of hydrogen-bond acceptors (Lipinski definition) is 3. The van der Waals surface area contributed by atoms with E-state index in [1.165, 1.54) is 12.1 Å². The molecule has 0 fully saturated rings. The van der Waals surface area contributed by atoms with Gasteiger partial charge in [-0.05, 0) is 40.6 Å². The van der Waals surface area contributed by atoms with Gasteiger partial charge in [0.05, 0.1) is 11.1 Å². The molecule has 0 amide bonds. The number of aromatic carboxylic acids is 1. The standard InChI is InChI=1S/C20H12O4/c21-19-17(11-12-5-7-14(8-6-12)20(22)23)24-16-10-9-13-3-1-2-4-15(13)18(16)19/h1-11H,(H,22,23)/b17-11-. The molecular formula is C20H12O4. The van der Waals surface area contributed by atoms with Crippen LogP contribution in [-0.4, -0.2) is 16.9 Å². The van der Waals surface area contributed by atoms with E-state index in [-0.39, 0.29) is 17.1 Å². The fourth-order valence-corrected chi connectivity index (χ4v) is 2.83. The molecular weight excluding hydrogens is 304 g/mol. The van der Waals surface area contributed by atoms with E-state index in [1.807, 2.05) is 30.3 Å². The van der Waals surface area contributed by atoms with E-state index in [4.69, 9.17) is 9.84 Å². The molecule has 0 spiro atoms. The number of allylic oxidation sites excluding steroid dienone is 1. The Morgan fingerprint density at radius 1 is 0.958 bits per heavy atom. The predicted octanol–water partition coefficient (Wildman–Crippen LogP) is 4.15. The third-order valence-corrected chi connectivity index (χ3v) is 4.02. The normalized spacial score (nSPS) is 14.7. The first-order valence-corrected chi connectivity index (χ1v) is 7.43. The van der Waals surface area contributed by atoms with Crippen molar-refractivity contribution in [2.75, 3.05) is 0 Å². The Hall–Kier alpha value is -3.40. The Bertz CT molecular complexity index is 1010. The fourth-order valence-electron chi connectivity index (χ4n) is 2.83. The molecule has 4 rings (SSSR count). The van der Waals surface area contributed by atoms with Gasteiger partial charge in [-0.15, -0.1) is 0 Å². The lowest BCUT2D eigenvalue weighted by molar-refractivity contribution is 0.0696. The van der Waals surface area contributed by atoms with Crippen LogP contribution in [-0.2, 0) is 0 Å². The lowest BCUT2D eigenvalue weighted by atomic mass is 10.0. The molecule has 3 aromatic rings. The van der Waals surface area contributed by atoms with Crippen molar-refractivity contribution in [3.05, 3.63) is 83.1 Å². The minimum Gasteiger partial charge on any atom is -0.478 e. The molecule has 4 nitrogen and oxygen atoms in total. The minimum absolute atomic E-state index is 0.163. The lowest BCUT2D eigenvalue weighted by Gasteiger charge is -2.01. The highest BCUT2D eigenvalue weighted by Crippen LogP contribution is 2.37. The summed E-state index contributed by atoms with van der Waals surface area (Å²) in [4.78, 5) is 23.6. The predicted molar refractivity (Wildman–Crippen MR) is 90.3 cm³/mol. The molecule has 4 heteroatoms. The van der Waals surface area contributed by atoms with Gasteiger partial charge in [0.1, 0.15) is 5.75 Å². The summed E-state index contributed by atoms with van der Waals surface area (Å²) in [6.45, 7) is 0. The highest BCUT2D eigenvalue weighted by Gasteiger charge is 2.29. The number of carboxylic acid groups (broad SMARTS) is 1. The molecule has 116 valence electrons. The van der Waals surface area contributed by atoms with Crippen LogP contribution in [0.4, 0.5) is 0 Å². The van der Waals surface area contributed by atoms with Crippen LogP contribution in [0.15, 0.2) is 66.4 Å². The van der Waals surface area contributed by atoms with Crippen molar-refractivity contribution >= 4 is 28.6 Å². The summed E-state index contributed by atoms with van der Waals surface area (Å²) in [5, 5.41) is 10.8. The van der Waals surface area contributed by atoms with Crippen molar-refractivity contribution in [1.29, 1.82) is 0 Å². The Kier molecular flexibility index (Phi) is 3.17. The van der Waals surface area contributed by atoms with E-state index in [2.05, 4.69) is 0 Å². The number of Topliss-reactive ketones (excluding diaryl/α,β-unsaturated/α-hetero) is 1. The van der Waals surface area contributed by atoms with E-state index in [0.717, 1.165) is 10.8 Å². The number of carbonyl (C=O) groups is 2. The number of ether oxygens (including phenoxy) is 1. The SMILES string of the molecule is O=C(O)c1ccc(/C=C2\Oc3ccc4ccccc4c3C2=O)cc1. The van der Waals surface area contributed by atoms with E-state index in [0.29, 0.717) is 16.9 Å². The zero-order valence-corrected chi connectivity index (χ0v) is 12.5. The van der Waals surface area contributed by atoms with Gasteiger partial charge in [0.15, 0.2) is 5.76 Å². The molecule has 0 aromatic heterocycles. The first kappa shape index (κ1) is 14.2. The van der Waals surface area contributed by atoms with Crippen molar-refractivity contribution in [2.45, 2.75) is 0 Å². The quantitative estimate of drug-likeness (QED) is 0.721. The van der Waals surface area contributed by atoms with Gasteiger partial charge in [-0.2, -0.15) is 0 Å². The topological polar surface area (TPSA) is 63.6 Å². The highest BCUT2D eigenvalue weighted by molar-refractivity contribution is 6.21. The summed E-state index contributed by atoms with van der Waals surface area (Å²) in [6.07, 6.45) is 1.63. The van der Waals surface area contributed by atoms with Crippen LogP contribution < -0.4 is 4.74 Å². The molecule has 0 atom stereocenters. The van der Waals surface area contributed by atoms with Gasteiger partial charge in [-0.25, -0.2) is 4.79 Å². The van der Waals surface area contributed by atoms with Crippen LogP contribution >= 0.6 is 0 Å². The number of benzene rings is 3. The van der Waals surface area contributed by atoms with Crippen molar-refractivity contribution < 1.29 is 19.4 Å². The van der Waals surface area contributed by atoms with E-state index in [1.54, 1.807) is 24.3 Å². The summed E-state index contributed by atoms with van der Waals surface area (Å²) < 4.78 is 5.70. The number of carboxylic acids is 1. The zero-order valence-electron chi connectivity index (χ0n) is 12.5. The summed E-state index contributed by atoms with van der Waals surface area (Å²) >= 11 is 0. The third kappa shape index (κ3) is 2.25. The molecule has 0 saturated carbocycles. The molecule has 0 bridgehead atoms. The van der Waals surface area contributed by atoms with Crippen LogP contribution in [0.2, 0.25) is 0 Å². The molecule has 0 unspecified atom stereocenters. The van der Waals surface area contributed by atoms with Crippen LogP contribution in [0.5, 0.6) is 5.75 Å². The summed E-state index contributed by atoms with van der Waals surface area (Å²) in [7, 11) is 0. The van der Waals surface area contributed by atoms with Crippen molar-refractivity contribution in [3.63, 3.8) is 0 Å². The first-order valence-electron chi connectivity index (χ1n) is 7.43. The Balaban J connectivity index is 1.75. The average molecular weight is 316 g/mol. The van der Waals surface area contributed by atoms with Gasteiger partial charge in [-0.1, -0.05) is 42.5 Å². The number of carbonyl (C=O) groups excluding carboxylic acids is 1. The molecule has 1 N–H and O–H groups in total. The number of rotatable bonds is 2. The van der Waals surface area contributed by atoms with E-state index in [9.17, 15) is 9.59 Å². The molecule has 1 aliphatic heterocycles. The molecule has 0 aliphatic carbocycles. The maximum absolute atomic E-state index is 12.7. The lowest BCUT2D eigenvalue weighted by Crippen LogP contribution is -1.99. The van der Waals surface area contributed by atoms with Gasteiger partial charge in [0.25, 0.3) is 0 Å². The molecule has 0 saturated heterocycles. The minimum atomic E-state index is -0.985. The second kappa shape index (κ2) is 5.35. The van der Waals surface area contributed by atoms with Gasteiger partial charge in [-0.3, -0.25) is 4.79 Å². The zero-order chi connectivity index (χ0) is 16.7. The van der Waals surface area contributed by atoms with Crippen molar-refractivity contribution in [2.24, 2.45) is 0 Å². The third-order valence-electron chi connectivity index (χ3n) is 4.02. The van der Waals surface area contributed by atoms with Gasteiger partial charge >= 0.3 is 5.97 Å². The maximum atomic E-state index is 12.7. The van der Waals surface area contributed by atoms with Crippen LogP contribution in [0, 0.1) is 0 Å². The summed E-state index contributed by atoms with van der Waals surface area (Å²) in [6, 6.07) is 17.7. The number of ketones is 1. The van der Waals surface area contributed by atoms with Gasteiger partial charge < -0.3 is 9.84 Å². The molecule has 0 radical (unpaired) electrons. The van der Waals surface area contributed by atoms with E-state index < -0.39 is 5.97 Å². The Morgan fingerprint density at radius 2 is 1.71 bits per heavy atom. The Morgan fingerprint density at radius 3 is 2.46 bits per heavy atom. The molecule has 3 aromatic carbocycles. The highest BCUT2D eigenvalue weighted by atomic mass is 16.5. The van der Waals surface area contributed by atoms with Crippen LogP contribution in [0.3, 0.4) is 0 Å². The number of hydrogen-bond donors (Lipinski definition) is 1. The second-order valence-electron chi connectivity index (χ2n) is 5.53. The second-order valence-corrected chi connectivity index (χ2v) is 5.53. The monoisotopic (exact) mass is 316 g/mol. The van der Waals surface area contributed by atoms with Crippen LogP contribution in [0.25, 0.3) is 16.8 Å².